The normalized spacial score (nSPS) is 19.3. The van der Waals surface area contributed by atoms with E-state index in [1.807, 2.05) is 37.3 Å². The molecule has 0 spiro atoms. The molecule has 3 heterocycles. The fourth-order valence-corrected chi connectivity index (χ4v) is 3.32. The molecule has 2 aromatic rings. The Hall–Kier alpha value is -3.22. The number of benzene rings is 1. The molecular weight excluding hydrogens is 334 g/mol. The molecule has 0 saturated heterocycles. The number of ether oxygens (including phenoxy) is 1. The van der Waals surface area contributed by atoms with Crippen molar-refractivity contribution in [1.29, 1.82) is 0 Å². The van der Waals surface area contributed by atoms with Gasteiger partial charge in [0.15, 0.2) is 0 Å². The van der Waals surface area contributed by atoms with Crippen molar-refractivity contribution in [1.82, 2.24) is 15.5 Å². The van der Waals surface area contributed by atoms with Crippen LogP contribution in [0.2, 0.25) is 0 Å². The highest BCUT2D eigenvalue weighted by Crippen LogP contribution is 2.33. The molecule has 1 unspecified atom stereocenters. The largest absolute Gasteiger partial charge is 0.494 e. The van der Waals surface area contributed by atoms with E-state index >= 15 is 0 Å². The minimum absolute atomic E-state index is 0.109. The fourth-order valence-electron chi connectivity index (χ4n) is 3.32. The zero-order valence-electron chi connectivity index (χ0n) is 14.3. The lowest BCUT2D eigenvalue weighted by molar-refractivity contribution is -0.126. The van der Waals surface area contributed by atoms with Crippen molar-refractivity contribution in [3.8, 4) is 5.75 Å². The zero-order valence-corrected chi connectivity index (χ0v) is 14.3. The standard InChI is InChI=1S/C19H19N3O4/c1-2-25-13-7-5-12(6-8-13)17-16-15(20-19(24)21-17)11-22(18(16)23)10-14-4-3-9-26-14/h3-9,17H,2,10-11H2,1H3,(H2,20,21,24). The number of carbonyl (C=O) groups is 2. The maximum absolute atomic E-state index is 12.9. The van der Waals surface area contributed by atoms with Crippen LogP contribution in [0.3, 0.4) is 0 Å². The molecule has 7 heteroatoms. The number of urea groups is 1. The van der Waals surface area contributed by atoms with Gasteiger partial charge in [0.1, 0.15) is 11.5 Å². The van der Waals surface area contributed by atoms with E-state index in [1.165, 1.54) is 0 Å². The van der Waals surface area contributed by atoms with Gasteiger partial charge in [-0.05, 0) is 36.8 Å². The quantitative estimate of drug-likeness (QED) is 0.864. The van der Waals surface area contributed by atoms with Gasteiger partial charge >= 0.3 is 6.03 Å². The van der Waals surface area contributed by atoms with Gasteiger partial charge in [-0.15, -0.1) is 0 Å². The third kappa shape index (κ3) is 2.92. The number of hydrogen-bond acceptors (Lipinski definition) is 4. The van der Waals surface area contributed by atoms with Gasteiger partial charge in [-0.3, -0.25) is 4.79 Å². The smallest absolute Gasteiger partial charge is 0.319 e. The molecule has 3 amide bonds. The van der Waals surface area contributed by atoms with Gasteiger partial charge in [0.05, 0.1) is 43.3 Å². The van der Waals surface area contributed by atoms with Crippen molar-refractivity contribution in [2.24, 2.45) is 0 Å². The summed E-state index contributed by atoms with van der Waals surface area (Å²) in [7, 11) is 0. The second-order valence-corrected chi connectivity index (χ2v) is 6.17. The number of nitrogens with zero attached hydrogens (tertiary/aromatic N) is 1. The summed E-state index contributed by atoms with van der Waals surface area (Å²) in [6.45, 7) is 3.22. The molecule has 26 heavy (non-hydrogen) atoms. The highest BCUT2D eigenvalue weighted by atomic mass is 16.5. The van der Waals surface area contributed by atoms with E-state index in [-0.39, 0.29) is 11.9 Å². The lowest BCUT2D eigenvalue weighted by Gasteiger charge is -2.25. The second-order valence-electron chi connectivity index (χ2n) is 6.17. The van der Waals surface area contributed by atoms with Crippen LogP contribution in [0.15, 0.2) is 58.3 Å². The summed E-state index contributed by atoms with van der Waals surface area (Å²) in [5, 5.41) is 5.61. The Labute approximate surface area is 150 Å². The predicted octanol–water partition coefficient (Wildman–Crippen LogP) is 2.33. The Morgan fingerprint density at radius 2 is 2.04 bits per heavy atom. The first-order chi connectivity index (χ1) is 12.7. The Morgan fingerprint density at radius 1 is 1.23 bits per heavy atom. The van der Waals surface area contributed by atoms with Gasteiger partial charge in [-0.25, -0.2) is 4.79 Å². The van der Waals surface area contributed by atoms with Gasteiger partial charge in [0.2, 0.25) is 0 Å². The van der Waals surface area contributed by atoms with Gasteiger partial charge in [0.25, 0.3) is 5.91 Å². The van der Waals surface area contributed by atoms with Crippen LogP contribution in [0.1, 0.15) is 24.3 Å². The summed E-state index contributed by atoms with van der Waals surface area (Å²) in [6.07, 6.45) is 1.58. The van der Waals surface area contributed by atoms with Crippen molar-refractivity contribution in [2.45, 2.75) is 19.5 Å². The Bertz CT molecular complexity index is 855. The maximum Gasteiger partial charge on any atom is 0.319 e. The molecule has 4 rings (SSSR count). The lowest BCUT2D eigenvalue weighted by Crippen LogP contribution is -2.44. The number of nitrogens with one attached hydrogen (secondary N) is 2. The Morgan fingerprint density at radius 3 is 2.73 bits per heavy atom. The SMILES string of the molecule is CCOc1ccc(C2NC(=O)NC3=C2C(=O)N(Cc2ccco2)C3)cc1. The highest BCUT2D eigenvalue weighted by Gasteiger charge is 2.40. The summed E-state index contributed by atoms with van der Waals surface area (Å²) in [6, 6.07) is 10.2. The number of carbonyl (C=O) groups excluding carboxylic acids is 2. The summed E-state index contributed by atoms with van der Waals surface area (Å²) in [4.78, 5) is 26.7. The summed E-state index contributed by atoms with van der Waals surface area (Å²) >= 11 is 0. The summed E-state index contributed by atoms with van der Waals surface area (Å²) in [5.74, 6) is 1.35. The van der Waals surface area contributed by atoms with Crippen LogP contribution in [0.4, 0.5) is 4.79 Å². The third-order valence-corrected chi connectivity index (χ3v) is 4.47. The molecule has 134 valence electrons. The summed E-state index contributed by atoms with van der Waals surface area (Å²) in [5.41, 5.74) is 2.05. The van der Waals surface area contributed by atoms with Crippen LogP contribution >= 0.6 is 0 Å². The molecule has 7 nitrogen and oxygen atoms in total. The van der Waals surface area contributed by atoms with Gasteiger partial charge in [0, 0.05) is 0 Å². The van der Waals surface area contributed by atoms with E-state index in [9.17, 15) is 9.59 Å². The molecule has 0 saturated carbocycles. The van der Waals surface area contributed by atoms with E-state index < -0.39 is 6.04 Å². The number of furan rings is 1. The fraction of sp³-hybridized carbons (Fsp3) is 0.263. The highest BCUT2D eigenvalue weighted by molar-refractivity contribution is 6.01. The lowest BCUT2D eigenvalue weighted by atomic mass is 9.96. The first-order valence-electron chi connectivity index (χ1n) is 8.50. The van der Waals surface area contributed by atoms with Crippen molar-refractivity contribution in [3.05, 3.63) is 65.3 Å². The van der Waals surface area contributed by atoms with Crippen molar-refractivity contribution < 1.29 is 18.7 Å². The van der Waals surface area contributed by atoms with Crippen LogP contribution in [0.25, 0.3) is 0 Å². The monoisotopic (exact) mass is 353 g/mol. The number of amides is 3. The van der Waals surface area contributed by atoms with Crippen LogP contribution in [-0.4, -0.2) is 30.0 Å². The zero-order chi connectivity index (χ0) is 18.1. The molecule has 0 aliphatic carbocycles. The maximum atomic E-state index is 12.9. The molecule has 2 N–H and O–H groups in total. The first-order valence-corrected chi connectivity index (χ1v) is 8.50. The minimum Gasteiger partial charge on any atom is -0.494 e. The molecule has 0 bridgehead atoms. The van der Waals surface area contributed by atoms with Gasteiger partial charge < -0.3 is 24.7 Å². The molecule has 1 aromatic carbocycles. The van der Waals surface area contributed by atoms with E-state index in [2.05, 4.69) is 10.6 Å². The molecule has 2 aliphatic heterocycles. The number of hydrogen-bond donors (Lipinski definition) is 2. The predicted molar refractivity (Wildman–Crippen MR) is 93.2 cm³/mol. The Kier molecular flexibility index (Phi) is 4.12. The van der Waals surface area contributed by atoms with Crippen LogP contribution in [0, 0.1) is 0 Å². The van der Waals surface area contributed by atoms with E-state index in [4.69, 9.17) is 9.15 Å². The molecule has 1 aromatic heterocycles. The van der Waals surface area contributed by atoms with E-state index in [0.717, 1.165) is 11.3 Å². The van der Waals surface area contributed by atoms with Crippen molar-refractivity contribution >= 4 is 11.9 Å². The third-order valence-electron chi connectivity index (χ3n) is 4.47. The van der Waals surface area contributed by atoms with Gasteiger partial charge in [-0.1, -0.05) is 12.1 Å². The Balaban J connectivity index is 1.60. The first kappa shape index (κ1) is 16.3. The van der Waals surface area contributed by atoms with Gasteiger partial charge in [-0.2, -0.15) is 0 Å². The summed E-state index contributed by atoms with van der Waals surface area (Å²) < 4.78 is 10.8. The van der Waals surface area contributed by atoms with Crippen LogP contribution in [-0.2, 0) is 11.3 Å². The number of rotatable bonds is 5. The average Bonchev–Trinajstić information content (AvgIpc) is 3.24. The van der Waals surface area contributed by atoms with Crippen molar-refractivity contribution in [3.63, 3.8) is 0 Å². The molecule has 0 fully saturated rings. The second kappa shape index (κ2) is 6.59. The molecule has 0 radical (unpaired) electrons. The molecule has 1 atom stereocenters. The molecule has 2 aliphatic rings. The molecular formula is C19H19N3O4. The minimum atomic E-state index is -0.483. The van der Waals surface area contributed by atoms with E-state index in [0.29, 0.717) is 36.7 Å². The van der Waals surface area contributed by atoms with Crippen LogP contribution < -0.4 is 15.4 Å². The average molecular weight is 353 g/mol. The van der Waals surface area contributed by atoms with E-state index in [1.54, 1.807) is 17.2 Å². The topological polar surface area (TPSA) is 83.8 Å². The van der Waals surface area contributed by atoms with Crippen molar-refractivity contribution in [2.75, 3.05) is 13.2 Å². The van der Waals surface area contributed by atoms with Crippen LogP contribution in [0.5, 0.6) is 5.75 Å².